The molecule has 7 heteroatoms. The molecule has 2 saturated heterocycles. The van der Waals surface area contributed by atoms with E-state index in [2.05, 4.69) is 27.4 Å². The molecule has 3 rings (SSSR count). The Morgan fingerprint density at radius 3 is 3.05 bits per heavy atom. The quantitative estimate of drug-likeness (QED) is 0.909. The van der Waals surface area contributed by atoms with E-state index in [9.17, 15) is 0 Å². The molecule has 2 fully saturated rings. The Balaban J connectivity index is 0.00000161. The SMILES string of the molecule is CN1CCNCC1c1noc(CCC2CCCCO2)n1.Cl. The normalized spacial score (nSPS) is 27.3. The van der Waals surface area contributed by atoms with Crippen LogP contribution in [0.15, 0.2) is 4.52 Å². The fraction of sp³-hybridized carbons (Fsp3) is 0.857. The molecule has 3 heterocycles. The number of aromatic nitrogens is 2. The van der Waals surface area contributed by atoms with Crippen LogP contribution in [0.25, 0.3) is 0 Å². The van der Waals surface area contributed by atoms with Crippen molar-refractivity contribution in [3.05, 3.63) is 11.7 Å². The maximum Gasteiger partial charge on any atom is 0.226 e. The molecule has 1 aromatic heterocycles. The van der Waals surface area contributed by atoms with Crippen molar-refractivity contribution in [2.75, 3.05) is 33.3 Å². The smallest absolute Gasteiger partial charge is 0.226 e. The number of hydrogen-bond acceptors (Lipinski definition) is 6. The van der Waals surface area contributed by atoms with Gasteiger partial charge in [0.1, 0.15) is 0 Å². The number of nitrogens with zero attached hydrogens (tertiary/aromatic N) is 3. The molecule has 2 unspecified atom stereocenters. The van der Waals surface area contributed by atoms with Crippen molar-refractivity contribution in [2.45, 2.75) is 44.2 Å². The molecule has 0 aromatic carbocycles. The predicted octanol–water partition coefficient (Wildman–Crippen LogP) is 1.57. The van der Waals surface area contributed by atoms with Gasteiger partial charge in [-0.25, -0.2) is 0 Å². The molecule has 0 amide bonds. The van der Waals surface area contributed by atoms with E-state index in [0.29, 0.717) is 6.10 Å². The fourth-order valence-electron chi connectivity index (χ4n) is 2.92. The number of ether oxygens (including phenoxy) is 1. The maximum absolute atomic E-state index is 5.73. The molecule has 2 aliphatic rings. The van der Waals surface area contributed by atoms with Crippen LogP contribution in [0.1, 0.15) is 43.4 Å². The zero-order valence-electron chi connectivity index (χ0n) is 12.6. The third-order valence-electron chi connectivity index (χ3n) is 4.25. The molecular formula is C14H25ClN4O2. The summed E-state index contributed by atoms with van der Waals surface area (Å²) < 4.78 is 11.1. The molecule has 0 bridgehead atoms. The van der Waals surface area contributed by atoms with E-state index in [1.807, 2.05) is 0 Å². The summed E-state index contributed by atoms with van der Waals surface area (Å²) in [4.78, 5) is 6.83. The summed E-state index contributed by atoms with van der Waals surface area (Å²) in [7, 11) is 2.11. The summed E-state index contributed by atoms with van der Waals surface area (Å²) in [5, 5.41) is 7.52. The highest BCUT2D eigenvalue weighted by Crippen LogP contribution is 2.20. The van der Waals surface area contributed by atoms with E-state index in [1.165, 1.54) is 12.8 Å². The van der Waals surface area contributed by atoms with Crippen LogP contribution in [0.2, 0.25) is 0 Å². The summed E-state index contributed by atoms with van der Waals surface area (Å²) in [5.74, 6) is 1.55. The van der Waals surface area contributed by atoms with Gasteiger partial charge in [0.15, 0.2) is 5.82 Å². The first-order valence-corrected chi connectivity index (χ1v) is 7.68. The largest absolute Gasteiger partial charge is 0.378 e. The first-order valence-electron chi connectivity index (χ1n) is 7.68. The van der Waals surface area contributed by atoms with Gasteiger partial charge in [0.2, 0.25) is 5.89 Å². The summed E-state index contributed by atoms with van der Waals surface area (Å²) in [5.41, 5.74) is 0. The van der Waals surface area contributed by atoms with E-state index < -0.39 is 0 Å². The Bertz CT molecular complexity index is 423. The Morgan fingerprint density at radius 1 is 1.38 bits per heavy atom. The van der Waals surface area contributed by atoms with E-state index in [0.717, 1.165) is 57.2 Å². The van der Waals surface area contributed by atoms with E-state index in [1.54, 1.807) is 0 Å². The lowest BCUT2D eigenvalue weighted by atomic mass is 10.0. The number of rotatable bonds is 4. The number of hydrogen-bond donors (Lipinski definition) is 1. The van der Waals surface area contributed by atoms with Crippen molar-refractivity contribution in [2.24, 2.45) is 0 Å². The zero-order valence-corrected chi connectivity index (χ0v) is 13.4. The summed E-state index contributed by atoms with van der Waals surface area (Å²) >= 11 is 0. The highest BCUT2D eigenvalue weighted by atomic mass is 35.5. The van der Waals surface area contributed by atoms with Crippen molar-refractivity contribution < 1.29 is 9.26 Å². The molecule has 1 aromatic rings. The van der Waals surface area contributed by atoms with Gasteiger partial charge in [0, 0.05) is 32.7 Å². The van der Waals surface area contributed by atoms with Gasteiger partial charge in [-0.1, -0.05) is 5.16 Å². The Morgan fingerprint density at radius 2 is 2.29 bits per heavy atom. The number of aryl methyl sites for hydroxylation is 1. The van der Waals surface area contributed by atoms with Crippen molar-refractivity contribution in [1.82, 2.24) is 20.4 Å². The van der Waals surface area contributed by atoms with Crippen molar-refractivity contribution in [3.63, 3.8) is 0 Å². The Hall–Kier alpha value is -0.690. The van der Waals surface area contributed by atoms with Crippen LogP contribution >= 0.6 is 12.4 Å². The fourth-order valence-corrected chi connectivity index (χ4v) is 2.92. The van der Waals surface area contributed by atoms with Gasteiger partial charge in [0.05, 0.1) is 12.1 Å². The second-order valence-electron chi connectivity index (χ2n) is 5.77. The molecule has 0 spiro atoms. The third kappa shape index (κ3) is 4.39. The van der Waals surface area contributed by atoms with Crippen LogP contribution < -0.4 is 5.32 Å². The van der Waals surface area contributed by atoms with Crippen molar-refractivity contribution in [3.8, 4) is 0 Å². The molecule has 2 atom stereocenters. The van der Waals surface area contributed by atoms with Gasteiger partial charge in [0.25, 0.3) is 0 Å². The van der Waals surface area contributed by atoms with Crippen LogP contribution in [0.4, 0.5) is 0 Å². The van der Waals surface area contributed by atoms with Gasteiger partial charge >= 0.3 is 0 Å². The molecule has 6 nitrogen and oxygen atoms in total. The average Bonchev–Trinajstić information content (AvgIpc) is 2.95. The molecule has 2 aliphatic heterocycles. The first kappa shape index (κ1) is 16.7. The number of halogens is 1. The minimum absolute atomic E-state index is 0. The molecule has 120 valence electrons. The third-order valence-corrected chi connectivity index (χ3v) is 4.25. The molecule has 1 N–H and O–H groups in total. The second kappa shape index (κ2) is 8.08. The average molecular weight is 317 g/mol. The number of likely N-dealkylation sites (N-methyl/N-ethyl adjacent to an activating group) is 1. The lowest BCUT2D eigenvalue weighted by molar-refractivity contribution is 0.0104. The topological polar surface area (TPSA) is 63.4 Å². The van der Waals surface area contributed by atoms with Gasteiger partial charge in [-0.2, -0.15) is 4.98 Å². The zero-order chi connectivity index (χ0) is 13.8. The van der Waals surface area contributed by atoms with Crippen LogP contribution in [-0.2, 0) is 11.2 Å². The van der Waals surface area contributed by atoms with Gasteiger partial charge in [-0.15, -0.1) is 12.4 Å². The monoisotopic (exact) mass is 316 g/mol. The van der Waals surface area contributed by atoms with E-state index in [-0.39, 0.29) is 18.4 Å². The minimum atomic E-state index is 0. The van der Waals surface area contributed by atoms with Gasteiger partial charge < -0.3 is 14.6 Å². The highest BCUT2D eigenvalue weighted by molar-refractivity contribution is 5.85. The maximum atomic E-state index is 5.73. The van der Waals surface area contributed by atoms with E-state index >= 15 is 0 Å². The van der Waals surface area contributed by atoms with Crippen molar-refractivity contribution in [1.29, 1.82) is 0 Å². The predicted molar refractivity (Wildman–Crippen MR) is 81.7 cm³/mol. The standard InChI is InChI=1S/C14H24N4O2.ClH/c1-18-8-7-15-10-12(18)14-16-13(20-17-14)6-5-11-4-2-3-9-19-11;/h11-12,15H,2-10H2,1H3;1H. The van der Waals surface area contributed by atoms with Gasteiger partial charge in [-0.3, -0.25) is 4.90 Å². The molecule has 0 aliphatic carbocycles. The van der Waals surface area contributed by atoms with E-state index in [4.69, 9.17) is 9.26 Å². The summed E-state index contributed by atoms with van der Waals surface area (Å²) in [6.07, 6.45) is 5.82. The van der Waals surface area contributed by atoms with Crippen LogP contribution in [0.5, 0.6) is 0 Å². The van der Waals surface area contributed by atoms with Crippen LogP contribution in [0.3, 0.4) is 0 Å². The molecule has 21 heavy (non-hydrogen) atoms. The highest BCUT2D eigenvalue weighted by Gasteiger charge is 2.25. The van der Waals surface area contributed by atoms with Gasteiger partial charge in [-0.05, 0) is 32.7 Å². The Kier molecular flexibility index (Phi) is 6.41. The van der Waals surface area contributed by atoms with Crippen LogP contribution in [0, 0.1) is 0 Å². The Labute approximate surface area is 132 Å². The molecule has 0 saturated carbocycles. The van der Waals surface area contributed by atoms with Crippen LogP contribution in [-0.4, -0.2) is 54.4 Å². The minimum Gasteiger partial charge on any atom is -0.378 e. The number of piperazine rings is 1. The lowest BCUT2D eigenvalue weighted by Gasteiger charge is -2.30. The first-order chi connectivity index (χ1) is 9.83. The summed E-state index contributed by atoms with van der Waals surface area (Å²) in [6, 6.07) is 0.229. The second-order valence-corrected chi connectivity index (χ2v) is 5.77. The molecular weight excluding hydrogens is 292 g/mol. The summed E-state index contributed by atoms with van der Waals surface area (Å²) in [6.45, 7) is 3.83. The lowest BCUT2D eigenvalue weighted by Crippen LogP contribution is -2.44. The number of nitrogens with one attached hydrogen (secondary N) is 1. The van der Waals surface area contributed by atoms with Crippen molar-refractivity contribution >= 4 is 12.4 Å². The molecule has 0 radical (unpaired) electrons.